The van der Waals surface area contributed by atoms with Gasteiger partial charge >= 0.3 is 0 Å². The summed E-state index contributed by atoms with van der Waals surface area (Å²) in [5, 5.41) is 0. The minimum absolute atomic E-state index is 0.0860. The Balaban J connectivity index is 1.58. The summed E-state index contributed by atoms with van der Waals surface area (Å²) in [4.78, 5) is 27.7. The predicted octanol–water partition coefficient (Wildman–Crippen LogP) is 1.67. The molecule has 0 N–H and O–H groups in total. The molecule has 0 atom stereocenters. The van der Waals surface area contributed by atoms with Gasteiger partial charge in [-0.15, -0.1) is 11.8 Å². The molecule has 1 aromatic rings. The molecule has 0 spiro atoms. The van der Waals surface area contributed by atoms with E-state index in [1.807, 2.05) is 30.1 Å². The number of benzene rings is 1. The van der Waals surface area contributed by atoms with Crippen LogP contribution in [-0.4, -0.2) is 73.0 Å². The van der Waals surface area contributed by atoms with Gasteiger partial charge in [0.05, 0.1) is 24.7 Å². The third-order valence-electron chi connectivity index (χ3n) is 4.04. The molecule has 2 rings (SSSR count). The largest absolute Gasteiger partial charge is 0.378 e. The van der Waals surface area contributed by atoms with Crippen LogP contribution in [0, 0.1) is 0 Å². The third-order valence-corrected chi connectivity index (χ3v) is 4.94. The van der Waals surface area contributed by atoms with E-state index in [1.165, 1.54) is 17.3 Å². The maximum Gasteiger partial charge on any atom is 0.232 e. The SMILES string of the molecule is CN(CCCc1ccccc1)C(=O)CSCC(=O)N1CCOCC1. The van der Waals surface area contributed by atoms with Crippen molar-refractivity contribution in [2.75, 3.05) is 51.4 Å². The zero-order chi connectivity index (χ0) is 17.2. The summed E-state index contributed by atoms with van der Waals surface area (Å²) in [7, 11) is 1.83. The van der Waals surface area contributed by atoms with Gasteiger partial charge in [0, 0.05) is 26.7 Å². The smallest absolute Gasteiger partial charge is 0.232 e. The molecule has 0 aliphatic carbocycles. The molecular weight excluding hydrogens is 324 g/mol. The van der Waals surface area contributed by atoms with Crippen LogP contribution in [0.4, 0.5) is 0 Å². The van der Waals surface area contributed by atoms with Crippen LogP contribution in [0.15, 0.2) is 30.3 Å². The highest BCUT2D eigenvalue weighted by Crippen LogP contribution is 2.08. The summed E-state index contributed by atoms with van der Waals surface area (Å²) >= 11 is 1.40. The van der Waals surface area contributed by atoms with Crippen molar-refractivity contribution in [1.29, 1.82) is 0 Å². The molecule has 2 amide bonds. The number of carbonyl (C=O) groups is 2. The van der Waals surface area contributed by atoms with E-state index in [0.29, 0.717) is 37.8 Å². The van der Waals surface area contributed by atoms with E-state index in [-0.39, 0.29) is 11.8 Å². The fourth-order valence-corrected chi connectivity index (χ4v) is 3.38. The molecule has 1 aromatic carbocycles. The number of rotatable bonds is 8. The number of carbonyl (C=O) groups excluding carboxylic acids is 2. The van der Waals surface area contributed by atoms with E-state index < -0.39 is 0 Å². The van der Waals surface area contributed by atoms with Crippen molar-refractivity contribution in [2.24, 2.45) is 0 Å². The molecule has 1 aliphatic rings. The molecule has 132 valence electrons. The van der Waals surface area contributed by atoms with Crippen molar-refractivity contribution in [3.05, 3.63) is 35.9 Å². The molecule has 0 saturated carbocycles. The molecule has 0 radical (unpaired) electrons. The highest BCUT2D eigenvalue weighted by atomic mass is 32.2. The van der Waals surface area contributed by atoms with Crippen molar-refractivity contribution in [3.63, 3.8) is 0 Å². The fourth-order valence-electron chi connectivity index (χ4n) is 2.53. The van der Waals surface area contributed by atoms with E-state index in [0.717, 1.165) is 19.4 Å². The molecule has 24 heavy (non-hydrogen) atoms. The van der Waals surface area contributed by atoms with Crippen LogP contribution < -0.4 is 0 Å². The lowest BCUT2D eigenvalue weighted by molar-refractivity contribution is -0.132. The van der Waals surface area contributed by atoms with Crippen molar-refractivity contribution in [2.45, 2.75) is 12.8 Å². The minimum atomic E-state index is 0.0860. The lowest BCUT2D eigenvalue weighted by atomic mass is 10.1. The molecule has 1 heterocycles. The van der Waals surface area contributed by atoms with Gasteiger partial charge in [-0.1, -0.05) is 30.3 Å². The van der Waals surface area contributed by atoms with Crippen LogP contribution in [0.5, 0.6) is 0 Å². The van der Waals surface area contributed by atoms with Gasteiger partial charge in [-0.05, 0) is 18.4 Å². The van der Waals surface area contributed by atoms with Crippen LogP contribution in [0.1, 0.15) is 12.0 Å². The number of morpholine rings is 1. The number of hydrogen-bond donors (Lipinski definition) is 0. The van der Waals surface area contributed by atoms with Crippen molar-refractivity contribution < 1.29 is 14.3 Å². The maximum atomic E-state index is 12.1. The van der Waals surface area contributed by atoms with Crippen LogP contribution in [-0.2, 0) is 20.7 Å². The summed E-state index contributed by atoms with van der Waals surface area (Å²) in [6.07, 6.45) is 1.92. The summed E-state index contributed by atoms with van der Waals surface area (Å²) in [5.74, 6) is 0.910. The normalized spacial score (nSPS) is 14.5. The topological polar surface area (TPSA) is 49.9 Å². The first-order valence-electron chi connectivity index (χ1n) is 8.38. The lowest BCUT2D eigenvalue weighted by Crippen LogP contribution is -2.41. The number of ether oxygens (including phenoxy) is 1. The average molecular weight is 350 g/mol. The molecule has 0 unspecified atom stereocenters. The Hall–Kier alpha value is -1.53. The number of amides is 2. The van der Waals surface area contributed by atoms with Crippen molar-refractivity contribution in [1.82, 2.24) is 9.80 Å². The molecule has 1 aliphatic heterocycles. The highest BCUT2D eigenvalue weighted by molar-refractivity contribution is 8.00. The van der Waals surface area contributed by atoms with E-state index in [9.17, 15) is 9.59 Å². The van der Waals surface area contributed by atoms with E-state index in [2.05, 4.69) is 12.1 Å². The van der Waals surface area contributed by atoms with E-state index >= 15 is 0 Å². The zero-order valence-electron chi connectivity index (χ0n) is 14.3. The number of thioether (sulfide) groups is 1. The maximum absolute atomic E-state index is 12.1. The standard InChI is InChI=1S/C18H26N2O3S/c1-19(9-5-8-16-6-3-2-4-7-16)17(21)14-24-15-18(22)20-10-12-23-13-11-20/h2-4,6-7H,5,8-15H2,1H3. The Morgan fingerprint density at radius 1 is 1.17 bits per heavy atom. The van der Waals surface area contributed by atoms with E-state index in [1.54, 1.807) is 4.90 Å². The summed E-state index contributed by atoms with van der Waals surface area (Å²) in [6, 6.07) is 10.3. The molecule has 0 bridgehead atoms. The molecule has 1 saturated heterocycles. The van der Waals surface area contributed by atoms with Gasteiger partial charge in [0.25, 0.3) is 0 Å². The van der Waals surface area contributed by atoms with Crippen LogP contribution in [0.3, 0.4) is 0 Å². The Morgan fingerprint density at radius 2 is 1.88 bits per heavy atom. The Kier molecular flexibility index (Phi) is 8.12. The number of aryl methyl sites for hydroxylation is 1. The molecule has 0 aromatic heterocycles. The minimum Gasteiger partial charge on any atom is -0.378 e. The third kappa shape index (κ3) is 6.53. The lowest BCUT2D eigenvalue weighted by Gasteiger charge is -2.26. The second-order valence-corrected chi connectivity index (χ2v) is 6.88. The number of nitrogens with zero attached hydrogens (tertiary/aromatic N) is 2. The van der Waals surface area contributed by atoms with Crippen molar-refractivity contribution in [3.8, 4) is 0 Å². The molecule has 5 nitrogen and oxygen atoms in total. The van der Waals surface area contributed by atoms with E-state index in [4.69, 9.17) is 4.74 Å². The fraction of sp³-hybridized carbons (Fsp3) is 0.556. The number of hydrogen-bond acceptors (Lipinski definition) is 4. The highest BCUT2D eigenvalue weighted by Gasteiger charge is 2.17. The van der Waals surface area contributed by atoms with Gasteiger partial charge < -0.3 is 14.5 Å². The second kappa shape index (κ2) is 10.4. The first-order valence-corrected chi connectivity index (χ1v) is 9.53. The first-order chi connectivity index (χ1) is 11.7. The molecule has 1 fully saturated rings. The van der Waals surface area contributed by atoms with Crippen LogP contribution in [0.2, 0.25) is 0 Å². The van der Waals surface area contributed by atoms with Crippen molar-refractivity contribution >= 4 is 23.6 Å². The van der Waals surface area contributed by atoms with Crippen LogP contribution in [0.25, 0.3) is 0 Å². The molecule has 6 heteroatoms. The predicted molar refractivity (Wildman–Crippen MR) is 97.1 cm³/mol. The van der Waals surface area contributed by atoms with Crippen LogP contribution >= 0.6 is 11.8 Å². The van der Waals surface area contributed by atoms with Gasteiger partial charge in [0.1, 0.15) is 0 Å². The summed E-state index contributed by atoms with van der Waals surface area (Å²) in [6.45, 7) is 3.28. The monoisotopic (exact) mass is 350 g/mol. The zero-order valence-corrected chi connectivity index (χ0v) is 15.1. The quantitative estimate of drug-likeness (QED) is 0.716. The summed E-state index contributed by atoms with van der Waals surface area (Å²) < 4.78 is 5.23. The Bertz CT molecular complexity index is 518. The second-order valence-electron chi connectivity index (χ2n) is 5.89. The Morgan fingerprint density at radius 3 is 2.58 bits per heavy atom. The average Bonchev–Trinajstić information content (AvgIpc) is 2.63. The van der Waals surface area contributed by atoms with Gasteiger partial charge in [0.2, 0.25) is 11.8 Å². The Labute approximate surface area is 148 Å². The van der Waals surface area contributed by atoms with Gasteiger partial charge in [-0.25, -0.2) is 0 Å². The summed E-state index contributed by atoms with van der Waals surface area (Å²) in [5.41, 5.74) is 1.30. The first kappa shape index (κ1) is 18.8. The van der Waals surface area contributed by atoms with Gasteiger partial charge in [-0.2, -0.15) is 0 Å². The van der Waals surface area contributed by atoms with Gasteiger partial charge in [-0.3, -0.25) is 9.59 Å². The van der Waals surface area contributed by atoms with Gasteiger partial charge in [0.15, 0.2) is 0 Å². The molecular formula is C18H26N2O3S.